The molecule has 21 heavy (non-hydrogen) atoms. The zero-order chi connectivity index (χ0) is 15.6. The van der Waals surface area contributed by atoms with Gasteiger partial charge in [-0.25, -0.2) is 4.79 Å². The van der Waals surface area contributed by atoms with E-state index < -0.39 is 16.1 Å². The summed E-state index contributed by atoms with van der Waals surface area (Å²) < 4.78 is 25.9. The molecule has 2 heterocycles. The summed E-state index contributed by atoms with van der Waals surface area (Å²) >= 11 is 0. The second kappa shape index (κ2) is 5.87. The van der Waals surface area contributed by atoms with Crippen molar-refractivity contribution < 1.29 is 22.9 Å². The van der Waals surface area contributed by atoms with Crippen LogP contribution in [0.25, 0.3) is 0 Å². The van der Waals surface area contributed by atoms with Crippen LogP contribution >= 0.6 is 0 Å². The van der Waals surface area contributed by atoms with Crippen LogP contribution in [0.5, 0.6) is 0 Å². The molecule has 1 atom stereocenters. The fraction of sp³-hybridized carbons (Fsp3) is 0.357. The largest absolute Gasteiger partial charge is 0.478 e. The van der Waals surface area contributed by atoms with Crippen LogP contribution < -0.4 is 0 Å². The Hall–Kier alpha value is -1.86. The lowest BCUT2D eigenvalue weighted by Gasteiger charge is -2.38. The zero-order valence-corrected chi connectivity index (χ0v) is 12.4. The molecule has 0 amide bonds. The average Bonchev–Trinajstić information content (AvgIpc) is 2.37. The van der Waals surface area contributed by atoms with Crippen molar-refractivity contribution >= 4 is 16.1 Å². The van der Waals surface area contributed by atoms with Crippen LogP contribution in [0, 0.1) is 5.92 Å². The van der Waals surface area contributed by atoms with Crippen LogP contribution in [0.15, 0.2) is 47.3 Å². The zero-order valence-electron chi connectivity index (χ0n) is 11.6. The summed E-state index contributed by atoms with van der Waals surface area (Å²) in [5, 5.41) is 9.08. The van der Waals surface area contributed by atoms with Gasteiger partial charge < -0.3 is 10.0 Å². The van der Waals surface area contributed by atoms with Crippen molar-refractivity contribution in [3.8, 4) is 0 Å². The van der Waals surface area contributed by atoms with Gasteiger partial charge in [0.05, 0.1) is 11.8 Å². The standard InChI is InChI=1S/C13H13NO2.CH4O3S/c15-13(16)11-7-10-4-1-3-9-5-2-6-14(8-11)12(9)10;1-5(2,3)4/h1-3,5,8,10H,4,6-7H2,(H,15,16);1H3,(H,2,3,4). The molecule has 0 aromatic carbocycles. The van der Waals surface area contributed by atoms with Crippen LogP contribution in [-0.4, -0.2) is 41.7 Å². The van der Waals surface area contributed by atoms with E-state index >= 15 is 0 Å². The average molecular weight is 311 g/mol. The van der Waals surface area contributed by atoms with E-state index in [-0.39, 0.29) is 0 Å². The molecular formula is C14H17NO5S. The molecule has 0 fully saturated rings. The maximum Gasteiger partial charge on any atom is 0.333 e. The van der Waals surface area contributed by atoms with Gasteiger partial charge in [0.25, 0.3) is 10.1 Å². The monoisotopic (exact) mass is 311 g/mol. The molecule has 114 valence electrons. The van der Waals surface area contributed by atoms with Crippen molar-refractivity contribution in [2.24, 2.45) is 5.92 Å². The molecule has 0 bridgehead atoms. The molecule has 0 aromatic heterocycles. The lowest BCUT2D eigenvalue weighted by molar-refractivity contribution is -0.133. The molecule has 1 unspecified atom stereocenters. The first kappa shape index (κ1) is 15.5. The number of hydrogen-bond donors (Lipinski definition) is 2. The summed E-state index contributed by atoms with van der Waals surface area (Å²) in [6, 6.07) is 0. The topological polar surface area (TPSA) is 94.9 Å². The summed E-state index contributed by atoms with van der Waals surface area (Å²) in [6.07, 6.45) is 12.6. The predicted octanol–water partition coefficient (Wildman–Crippen LogP) is 1.56. The fourth-order valence-corrected chi connectivity index (χ4v) is 2.68. The lowest BCUT2D eigenvalue weighted by Crippen LogP contribution is -2.33. The van der Waals surface area contributed by atoms with Crippen LogP contribution in [-0.2, 0) is 14.9 Å². The van der Waals surface area contributed by atoms with Crippen LogP contribution in [0.3, 0.4) is 0 Å². The lowest BCUT2D eigenvalue weighted by atomic mass is 9.82. The van der Waals surface area contributed by atoms with Crippen molar-refractivity contribution in [3.05, 3.63) is 47.3 Å². The minimum Gasteiger partial charge on any atom is -0.478 e. The van der Waals surface area contributed by atoms with Gasteiger partial charge in [0.15, 0.2) is 0 Å². The Bertz CT molecular complexity index is 657. The maximum absolute atomic E-state index is 11.0. The molecule has 0 aromatic rings. The van der Waals surface area contributed by atoms with Gasteiger partial charge in [-0.3, -0.25) is 4.55 Å². The summed E-state index contributed by atoms with van der Waals surface area (Å²) in [7, 11) is -3.67. The highest BCUT2D eigenvalue weighted by Crippen LogP contribution is 2.39. The summed E-state index contributed by atoms with van der Waals surface area (Å²) in [5.41, 5.74) is 3.07. The Morgan fingerprint density at radius 3 is 2.57 bits per heavy atom. The summed E-state index contributed by atoms with van der Waals surface area (Å²) in [5.74, 6) is -0.439. The predicted molar refractivity (Wildman–Crippen MR) is 77.9 cm³/mol. The van der Waals surface area contributed by atoms with Crippen molar-refractivity contribution in [3.63, 3.8) is 0 Å². The van der Waals surface area contributed by atoms with E-state index in [1.165, 1.54) is 11.3 Å². The van der Waals surface area contributed by atoms with E-state index in [2.05, 4.69) is 29.2 Å². The molecule has 3 rings (SSSR count). The third-order valence-electron chi connectivity index (χ3n) is 3.36. The van der Waals surface area contributed by atoms with Gasteiger partial charge in [-0.15, -0.1) is 0 Å². The van der Waals surface area contributed by atoms with E-state index in [1.54, 1.807) is 6.20 Å². The van der Waals surface area contributed by atoms with Gasteiger partial charge in [0, 0.05) is 24.4 Å². The molecule has 2 N–H and O–H groups in total. The Labute approximate surface area is 123 Å². The van der Waals surface area contributed by atoms with Crippen molar-refractivity contribution in [2.45, 2.75) is 12.8 Å². The van der Waals surface area contributed by atoms with E-state index in [9.17, 15) is 13.2 Å². The normalized spacial score (nSPS) is 23.0. The molecule has 0 saturated heterocycles. The van der Waals surface area contributed by atoms with E-state index in [4.69, 9.17) is 9.66 Å². The molecule has 0 spiro atoms. The van der Waals surface area contributed by atoms with Gasteiger partial charge in [-0.1, -0.05) is 24.3 Å². The molecule has 3 aliphatic rings. The molecule has 0 saturated carbocycles. The first-order chi connectivity index (χ1) is 9.75. The Morgan fingerprint density at radius 2 is 1.95 bits per heavy atom. The van der Waals surface area contributed by atoms with Crippen molar-refractivity contribution in [1.82, 2.24) is 4.90 Å². The SMILES string of the molecule is CS(=O)(=O)O.O=C(O)C1=CN2CC=CC3=C2C(CC=C3)C1. The van der Waals surface area contributed by atoms with Crippen molar-refractivity contribution in [1.29, 1.82) is 0 Å². The number of carboxylic acid groups (broad SMARTS) is 1. The molecule has 7 heteroatoms. The Morgan fingerprint density at radius 1 is 1.33 bits per heavy atom. The van der Waals surface area contributed by atoms with E-state index in [0.29, 0.717) is 24.2 Å². The van der Waals surface area contributed by atoms with E-state index in [1.807, 2.05) is 0 Å². The minimum atomic E-state index is -3.67. The van der Waals surface area contributed by atoms with Gasteiger partial charge in [-0.05, 0) is 18.4 Å². The first-order valence-corrected chi connectivity index (χ1v) is 8.31. The summed E-state index contributed by atoms with van der Waals surface area (Å²) in [4.78, 5) is 13.1. The number of allylic oxidation sites excluding steroid dienone is 5. The highest BCUT2D eigenvalue weighted by molar-refractivity contribution is 7.85. The molecule has 2 aliphatic heterocycles. The van der Waals surface area contributed by atoms with Crippen LogP contribution in [0.2, 0.25) is 0 Å². The van der Waals surface area contributed by atoms with Gasteiger partial charge >= 0.3 is 5.97 Å². The highest BCUT2D eigenvalue weighted by Gasteiger charge is 2.31. The smallest absolute Gasteiger partial charge is 0.333 e. The number of carboxylic acids is 1. The Balaban J connectivity index is 0.000000282. The minimum absolute atomic E-state index is 0.348. The number of carbonyl (C=O) groups is 1. The molecular weight excluding hydrogens is 294 g/mol. The molecule has 1 aliphatic carbocycles. The molecule has 0 radical (unpaired) electrons. The van der Waals surface area contributed by atoms with Crippen LogP contribution in [0.4, 0.5) is 0 Å². The number of aliphatic carboxylic acids is 1. The fourth-order valence-electron chi connectivity index (χ4n) is 2.68. The van der Waals surface area contributed by atoms with E-state index in [0.717, 1.165) is 13.0 Å². The Kier molecular flexibility index (Phi) is 4.34. The van der Waals surface area contributed by atoms with Crippen LogP contribution in [0.1, 0.15) is 12.8 Å². The number of rotatable bonds is 1. The maximum atomic E-state index is 11.0. The quantitative estimate of drug-likeness (QED) is 0.714. The van der Waals surface area contributed by atoms with Gasteiger partial charge in [0.1, 0.15) is 0 Å². The summed E-state index contributed by atoms with van der Waals surface area (Å²) in [6.45, 7) is 0.792. The number of nitrogens with zero attached hydrogens (tertiary/aromatic N) is 1. The first-order valence-electron chi connectivity index (χ1n) is 6.46. The number of hydrogen-bond acceptors (Lipinski definition) is 4. The molecule has 6 nitrogen and oxygen atoms in total. The van der Waals surface area contributed by atoms with Crippen molar-refractivity contribution in [2.75, 3.05) is 12.8 Å². The third-order valence-corrected chi connectivity index (χ3v) is 3.36. The third kappa shape index (κ3) is 4.05. The second-order valence-corrected chi connectivity index (χ2v) is 6.59. The second-order valence-electron chi connectivity index (χ2n) is 5.13. The van der Waals surface area contributed by atoms with Gasteiger partial charge in [0.2, 0.25) is 0 Å². The van der Waals surface area contributed by atoms with Gasteiger partial charge in [-0.2, -0.15) is 8.42 Å². The highest BCUT2D eigenvalue weighted by atomic mass is 32.2.